The zero-order valence-corrected chi connectivity index (χ0v) is 23.0. The van der Waals surface area contributed by atoms with Gasteiger partial charge in [0.1, 0.15) is 11.9 Å². The molecule has 168 valence electrons. The Morgan fingerprint density at radius 1 is 1.00 bits per heavy atom. The Hall–Kier alpha value is -1.53. The van der Waals surface area contributed by atoms with Gasteiger partial charge in [0.25, 0.3) is 0 Å². The van der Waals surface area contributed by atoms with Crippen LogP contribution in [0.5, 0.6) is 0 Å². The Bertz CT molecular complexity index is 733. The van der Waals surface area contributed by atoms with Crippen molar-refractivity contribution in [2.24, 2.45) is 0 Å². The highest BCUT2D eigenvalue weighted by Crippen LogP contribution is 2.39. The van der Waals surface area contributed by atoms with Gasteiger partial charge >= 0.3 is 0 Å². The van der Waals surface area contributed by atoms with Crippen LogP contribution < -0.4 is 0 Å². The van der Waals surface area contributed by atoms with Crippen molar-refractivity contribution >= 4 is 16.4 Å². The summed E-state index contributed by atoms with van der Waals surface area (Å²) in [6.45, 7) is 22.7. The van der Waals surface area contributed by atoms with E-state index in [0.717, 1.165) is 17.8 Å². The second-order valence-corrected chi connectivity index (χ2v) is 21.1. The summed E-state index contributed by atoms with van der Waals surface area (Å²) in [5.41, 5.74) is 2.24. The molecule has 2 nitrogen and oxygen atoms in total. The fraction of sp³-hybridized carbons (Fsp3) is 0.538. The van der Waals surface area contributed by atoms with Crippen LogP contribution >= 0.6 is 0 Å². The van der Waals surface area contributed by atoms with Crippen molar-refractivity contribution in [3.8, 4) is 0 Å². The molecule has 0 aromatic heterocycles. The van der Waals surface area contributed by atoms with Crippen molar-refractivity contribution in [2.45, 2.75) is 91.0 Å². The van der Waals surface area contributed by atoms with Crippen LogP contribution in [0.15, 0.2) is 66.2 Å². The third-order valence-corrected chi connectivity index (χ3v) is 11.5. The Kier molecular flexibility index (Phi) is 9.89. The van der Waals surface area contributed by atoms with E-state index in [4.69, 9.17) is 9.16 Å². The lowest BCUT2D eigenvalue weighted by Gasteiger charge is -2.37. The molecule has 0 saturated carbocycles. The van der Waals surface area contributed by atoms with Gasteiger partial charge in [-0.15, -0.1) is 0 Å². The van der Waals surface area contributed by atoms with E-state index < -0.39 is 16.4 Å². The van der Waals surface area contributed by atoms with Crippen molar-refractivity contribution < 1.29 is 9.16 Å². The minimum absolute atomic E-state index is 0.00464. The highest BCUT2D eigenvalue weighted by atomic mass is 28.4. The van der Waals surface area contributed by atoms with Gasteiger partial charge in [-0.2, -0.15) is 0 Å². The molecule has 0 amide bonds. The molecule has 1 aromatic carbocycles. The predicted molar refractivity (Wildman–Crippen MR) is 138 cm³/mol. The van der Waals surface area contributed by atoms with Gasteiger partial charge in [-0.05, 0) is 49.7 Å². The molecule has 4 heteroatoms. The minimum Gasteiger partial charge on any atom is -0.543 e. The molecular formula is C26H44O2Si2. The van der Waals surface area contributed by atoms with E-state index in [1.54, 1.807) is 0 Å². The van der Waals surface area contributed by atoms with Gasteiger partial charge in [-0.25, -0.2) is 0 Å². The summed E-state index contributed by atoms with van der Waals surface area (Å²) in [7, 11) is -2.95. The zero-order chi connectivity index (χ0) is 23.0. The molecular weight excluding hydrogens is 400 g/mol. The zero-order valence-electron chi connectivity index (χ0n) is 21.0. The second-order valence-electron chi connectivity index (χ2n) is 10.8. The predicted octanol–water partition coefficient (Wildman–Crippen LogP) is 8.86. The molecule has 0 saturated heterocycles. The van der Waals surface area contributed by atoms with E-state index in [0.29, 0.717) is 0 Å². The molecule has 0 spiro atoms. The fourth-order valence-corrected chi connectivity index (χ4v) is 4.64. The second kappa shape index (κ2) is 11.2. The standard InChI is InChI=1S/C26H44O2Si2/c1-11-24(28-30(9,10)26(3,4)5)22(2)21-27-25(23-17-13-12-14-18-23)19-15-16-20-29(6,7)8/h11-18,21,25H,19-20H2,1-10H3/b16-15-,22-21+,24-11-. The van der Waals surface area contributed by atoms with Crippen molar-refractivity contribution in [2.75, 3.05) is 0 Å². The molecule has 0 aliphatic carbocycles. The molecule has 0 aliphatic rings. The van der Waals surface area contributed by atoms with Gasteiger partial charge in [0.2, 0.25) is 8.32 Å². The van der Waals surface area contributed by atoms with Gasteiger partial charge in [-0.3, -0.25) is 0 Å². The molecule has 0 bridgehead atoms. The number of rotatable bonds is 10. The summed E-state index contributed by atoms with van der Waals surface area (Å²) in [6, 6.07) is 11.7. The summed E-state index contributed by atoms with van der Waals surface area (Å²) in [6.07, 6.45) is 9.42. The molecule has 1 atom stereocenters. The van der Waals surface area contributed by atoms with Crippen LogP contribution in [0.1, 0.15) is 52.7 Å². The summed E-state index contributed by atoms with van der Waals surface area (Å²) in [5, 5.41) is 0.163. The molecule has 0 N–H and O–H groups in total. The minimum atomic E-state index is -1.89. The third kappa shape index (κ3) is 9.09. The number of allylic oxidation sites excluding steroid dienone is 3. The van der Waals surface area contributed by atoms with E-state index in [9.17, 15) is 0 Å². The van der Waals surface area contributed by atoms with Crippen LogP contribution in [0.25, 0.3) is 0 Å². The first-order chi connectivity index (χ1) is 13.8. The highest BCUT2D eigenvalue weighted by molar-refractivity contribution is 6.76. The maximum absolute atomic E-state index is 6.53. The van der Waals surface area contributed by atoms with E-state index in [1.807, 2.05) is 19.3 Å². The lowest BCUT2D eigenvalue weighted by Crippen LogP contribution is -2.40. The monoisotopic (exact) mass is 444 g/mol. The fourth-order valence-electron chi connectivity index (χ4n) is 2.63. The van der Waals surface area contributed by atoms with Crippen LogP contribution in [0.2, 0.25) is 43.8 Å². The van der Waals surface area contributed by atoms with Gasteiger partial charge < -0.3 is 9.16 Å². The van der Waals surface area contributed by atoms with E-state index in [-0.39, 0.29) is 11.1 Å². The largest absolute Gasteiger partial charge is 0.543 e. The van der Waals surface area contributed by atoms with Gasteiger partial charge in [0.05, 0.1) is 6.26 Å². The van der Waals surface area contributed by atoms with Gasteiger partial charge in [0, 0.05) is 20.1 Å². The molecule has 0 aliphatic heterocycles. The van der Waals surface area contributed by atoms with Crippen molar-refractivity contribution in [3.05, 3.63) is 71.7 Å². The summed E-state index contributed by atoms with van der Waals surface area (Å²) >= 11 is 0. The van der Waals surface area contributed by atoms with Crippen molar-refractivity contribution in [1.82, 2.24) is 0 Å². The van der Waals surface area contributed by atoms with Crippen molar-refractivity contribution in [3.63, 3.8) is 0 Å². The Morgan fingerprint density at radius 3 is 2.10 bits per heavy atom. The highest BCUT2D eigenvalue weighted by Gasteiger charge is 2.39. The van der Waals surface area contributed by atoms with E-state index in [1.165, 1.54) is 11.6 Å². The molecule has 30 heavy (non-hydrogen) atoms. The normalized spacial score (nSPS) is 15.4. The Balaban J connectivity index is 2.95. The lowest BCUT2D eigenvalue weighted by atomic mass is 10.1. The SMILES string of the molecule is C/C=C(O[Si](C)(C)C(C)(C)C)/C(C)=C/OC(C/C=C\C[Si](C)(C)C)c1ccccc1. The van der Waals surface area contributed by atoms with Crippen LogP contribution in [-0.2, 0) is 9.16 Å². The maximum atomic E-state index is 6.53. The molecule has 0 fully saturated rings. The van der Waals surface area contributed by atoms with Crippen LogP contribution in [0.4, 0.5) is 0 Å². The topological polar surface area (TPSA) is 18.5 Å². The summed E-state index contributed by atoms with van der Waals surface area (Å²) in [4.78, 5) is 0. The average Bonchev–Trinajstić information content (AvgIpc) is 2.64. The smallest absolute Gasteiger partial charge is 0.250 e. The molecule has 0 heterocycles. The number of benzene rings is 1. The lowest BCUT2D eigenvalue weighted by molar-refractivity contribution is 0.146. The summed E-state index contributed by atoms with van der Waals surface area (Å²) in [5.74, 6) is 0.933. The van der Waals surface area contributed by atoms with E-state index in [2.05, 4.69) is 103 Å². The Morgan fingerprint density at radius 2 is 1.60 bits per heavy atom. The first-order valence-corrected chi connectivity index (χ1v) is 17.8. The van der Waals surface area contributed by atoms with Gasteiger partial charge in [0.15, 0.2) is 0 Å². The van der Waals surface area contributed by atoms with Crippen LogP contribution in [0, 0.1) is 0 Å². The molecule has 0 radical (unpaired) electrons. The first-order valence-electron chi connectivity index (χ1n) is 11.1. The number of hydrogen-bond donors (Lipinski definition) is 0. The molecule has 1 rings (SSSR count). The Labute approximate surface area is 188 Å². The van der Waals surface area contributed by atoms with Crippen LogP contribution in [-0.4, -0.2) is 16.4 Å². The van der Waals surface area contributed by atoms with Gasteiger partial charge in [-0.1, -0.05) is 82.9 Å². The first kappa shape index (κ1) is 26.5. The number of hydrogen-bond acceptors (Lipinski definition) is 2. The van der Waals surface area contributed by atoms with Crippen LogP contribution in [0.3, 0.4) is 0 Å². The maximum Gasteiger partial charge on any atom is 0.250 e. The molecule has 1 aromatic rings. The molecule has 1 unspecified atom stereocenters. The summed E-state index contributed by atoms with van der Waals surface area (Å²) < 4.78 is 12.8. The van der Waals surface area contributed by atoms with E-state index >= 15 is 0 Å². The number of ether oxygens (including phenoxy) is 1. The quantitative estimate of drug-likeness (QED) is 0.155. The van der Waals surface area contributed by atoms with Crippen molar-refractivity contribution in [1.29, 1.82) is 0 Å². The average molecular weight is 445 g/mol. The third-order valence-electron chi connectivity index (χ3n) is 5.65.